The third-order valence-corrected chi connectivity index (χ3v) is 5.23. The molecule has 0 fully saturated rings. The van der Waals surface area contributed by atoms with Gasteiger partial charge in [0.1, 0.15) is 10.7 Å². The number of sulfonamides is 1. The van der Waals surface area contributed by atoms with Gasteiger partial charge < -0.3 is 5.73 Å². The summed E-state index contributed by atoms with van der Waals surface area (Å²) in [6.45, 7) is 7.87. The molecule has 0 bridgehead atoms. The van der Waals surface area contributed by atoms with Gasteiger partial charge in [0.25, 0.3) is 0 Å². The van der Waals surface area contributed by atoms with E-state index in [2.05, 4.69) is 4.98 Å². The van der Waals surface area contributed by atoms with E-state index >= 15 is 0 Å². The Balaban J connectivity index is 3.20. The largest absolute Gasteiger partial charge is 0.383 e. The monoisotopic (exact) mass is 271 g/mol. The van der Waals surface area contributed by atoms with Crippen molar-refractivity contribution in [1.29, 1.82) is 0 Å². The molecule has 2 N–H and O–H groups in total. The highest BCUT2D eigenvalue weighted by atomic mass is 32.2. The molecule has 0 saturated carbocycles. The summed E-state index contributed by atoms with van der Waals surface area (Å²) in [7, 11) is -2.04. The van der Waals surface area contributed by atoms with E-state index in [1.807, 2.05) is 27.7 Å². The van der Waals surface area contributed by atoms with Crippen LogP contribution in [0.15, 0.2) is 23.2 Å². The van der Waals surface area contributed by atoms with Gasteiger partial charge in [0, 0.05) is 19.3 Å². The molecule has 0 aliphatic heterocycles. The molecule has 6 heteroatoms. The van der Waals surface area contributed by atoms with Crippen LogP contribution >= 0.6 is 0 Å². The number of pyridine rings is 1. The fourth-order valence-electron chi connectivity index (χ4n) is 1.53. The average Bonchev–Trinajstić information content (AvgIpc) is 2.26. The predicted molar refractivity (Wildman–Crippen MR) is 72.5 cm³/mol. The molecule has 0 spiro atoms. The third kappa shape index (κ3) is 2.81. The molecule has 1 unspecified atom stereocenters. The Morgan fingerprint density at radius 3 is 2.39 bits per heavy atom. The number of anilines is 1. The van der Waals surface area contributed by atoms with Crippen molar-refractivity contribution in [2.75, 3.05) is 12.8 Å². The molecule has 1 heterocycles. The first-order valence-corrected chi connectivity index (χ1v) is 7.21. The summed E-state index contributed by atoms with van der Waals surface area (Å²) < 4.78 is 26.2. The highest BCUT2D eigenvalue weighted by molar-refractivity contribution is 7.89. The van der Waals surface area contributed by atoms with Crippen molar-refractivity contribution in [3.8, 4) is 0 Å². The van der Waals surface area contributed by atoms with Gasteiger partial charge >= 0.3 is 0 Å². The van der Waals surface area contributed by atoms with Gasteiger partial charge in [-0.1, -0.05) is 20.8 Å². The molecule has 1 aromatic heterocycles. The minimum atomic E-state index is -3.61. The average molecular weight is 271 g/mol. The first-order valence-electron chi connectivity index (χ1n) is 5.77. The highest BCUT2D eigenvalue weighted by Gasteiger charge is 2.33. The van der Waals surface area contributed by atoms with E-state index < -0.39 is 10.0 Å². The molecule has 0 aromatic carbocycles. The Labute approximate surface area is 109 Å². The van der Waals surface area contributed by atoms with Crippen LogP contribution < -0.4 is 5.73 Å². The Morgan fingerprint density at radius 2 is 1.94 bits per heavy atom. The Kier molecular flexibility index (Phi) is 4.02. The van der Waals surface area contributed by atoms with Crippen LogP contribution in [0.2, 0.25) is 0 Å². The van der Waals surface area contributed by atoms with E-state index in [1.54, 1.807) is 13.1 Å². The molecule has 1 atom stereocenters. The molecular weight excluding hydrogens is 250 g/mol. The minimum Gasteiger partial charge on any atom is -0.383 e. The summed E-state index contributed by atoms with van der Waals surface area (Å²) in [5.74, 6) is 0.0328. The zero-order valence-electron chi connectivity index (χ0n) is 11.5. The lowest BCUT2D eigenvalue weighted by molar-refractivity contribution is 0.216. The number of nitrogens with two attached hydrogens (primary N) is 1. The lowest BCUT2D eigenvalue weighted by Crippen LogP contribution is -2.43. The molecule has 1 rings (SSSR count). The Bertz CT molecular complexity index is 520. The summed E-state index contributed by atoms with van der Waals surface area (Å²) in [5.41, 5.74) is 5.48. The maximum absolute atomic E-state index is 12.4. The van der Waals surface area contributed by atoms with E-state index in [0.717, 1.165) is 0 Å². The first kappa shape index (κ1) is 14.9. The summed E-state index contributed by atoms with van der Waals surface area (Å²) in [6, 6.07) is 2.89. The molecule has 5 nitrogen and oxygen atoms in total. The summed E-state index contributed by atoms with van der Waals surface area (Å²) in [4.78, 5) is 3.88. The van der Waals surface area contributed by atoms with Crippen molar-refractivity contribution < 1.29 is 8.42 Å². The Hall–Kier alpha value is -1.14. The van der Waals surface area contributed by atoms with Crippen LogP contribution in [-0.4, -0.2) is 30.8 Å². The van der Waals surface area contributed by atoms with Crippen molar-refractivity contribution in [3.63, 3.8) is 0 Å². The zero-order valence-corrected chi connectivity index (χ0v) is 12.3. The fourth-order valence-corrected chi connectivity index (χ4v) is 3.14. The second-order valence-corrected chi connectivity index (χ2v) is 7.42. The second-order valence-electron chi connectivity index (χ2n) is 5.45. The second kappa shape index (κ2) is 4.85. The van der Waals surface area contributed by atoms with Crippen LogP contribution in [0.3, 0.4) is 0 Å². The minimum absolute atomic E-state index is 0.0328. The SMILES string of the molecule is CC(N(C)S(=O)(=O)c1cccnc1N)C(C)(C)C. The van der Waals surface area contributed by atoms with Crippen LogP contribution in [-0.2, 0) is 10.0 Å². The number of nitrogen functional groups attached to an aromatic ring is 1. The van der Waals surface area contributed by atoms with Crippen LogP contribution in [0.4, 0.5) is 5.82 Å². The van der Waals surface area contributed by atoms with Crippen LogP contribution in [0, 0.1) is 5.41 Å². The van der Waals surface area contributed by atoms with Crippen LogP contribution in [0.1, 0.15) is 27.7 Å². The Morgan fingerprint density at radius 1 is 1.39 bits per heavy atom. The number of hydrogen-bond acceptors (Lipinski definition) is 4. The summed E-state index contributed by atoms with van der Waals surface area (Å²) in [5, 5.41) is 0. The molecule has 102 valence electrons. The molecule has 0 amide bonds. The van der Waals surface area contributed by atoms with Crippen LogP contribution in [0.25, 0.3) is 0 Å². The predicted octanol–water partition coefficient (Wildman–Crippen LogP) is 1.72. The van der Waals surface area contributed by atoms with Gasteiger partial charge in [0.2, 0.25) is 10.0 Å². The highest BCUT2D eigenvalue weighted by Crippen LogP contribution is 2.28. The molecule has 0 aliphatic rings. The van der Waals surface area contributed by atoms with E-state index in [9.17, 15) is 8.42 Å². The van der Waals surface area contributed by atoms with Crippen molar-refractivity contribution >= 4 is 15.8 Å². The van der Waals surface area contributed by atoms with Gasteiger partial charge in [-0.15, -0.1) is 0 Å². The number of hydrogen-bond donors (Lipinski definition) is 1. The van der Waals surface area contributed by atoms with E-state index in [4.69, 9.17) is 5.73 Å². The van der Waals surface area contributed by atoms with Gasteiger partial charge in [-0.2, -0.15) is 4.31 Å². The summed E-state index contributed by atoms with van der Waals surface area (Å²) >= 11 is 0. The molecule has 0 radical (unpaired) electrons. The van der Waals surface area contributed by atoms with Gasteiger partial charge in [0.05, 0.1) is 0 Å². The van der Waals surface area contributed by atoms with E-state index in [1.165, 1.54) is 16.6 Å². The first-order chi connectivity index (χ1) is 8.08. The maximum Gasteiger partial charge on any atom is 0.246 e. The molecule has 0 saturated heterocycles. The topological polar surface area (TPSA) is 76.3 Å². The maximum atomic E-state index is 12.4. The molecule has 1 aromatic rings. The molecule has 0 aliphatic carbocycles. The molecule has 18 heavy (non-hydrogen) atoms. The van der Waals surface area contributed by atoms with Gasteiger partial charge in [-0.3, -0.25) is 0 Å². The lowest BCUT2D eigenvalue weighted by atomic mass is 9.88. The summed E-state index contributed by atoms with van der Waals surface area (Å²) in [6.07, 6.45) is 1.47. The quantitative estimate of drug-likeness (QED) is 0.908. The van der Waals surface area contributed by atoms with Gasteiger partial charge in [-0.05, 0) is 24.5 Å². The third-order valence-electron chi connectivity index (χ3n) is 3.26. The zero-order chi connectivity index (χ0) is 14.1. The van der Waals surface area contributed by atoms with Crippen LogP contribution in [0.5, 0.6) is 0 Å². The number of rotatable bonds is 3. The van der Waals surface area contributed by atoms with Crippen molar-refractivity contribution in [2.45, 2.75) is 38.6 Å². The smallest absolute Gasteiger partial charge is 0.246 e. The fraction of sp³-hybridized carbons (Fsp3) is 0.583. The normalized spacial score (nSPS) is 14.8. The number of aromatic nitrogens is 1. The van der Waals surface area contributed by atoms with E-state index in [-0.39, 0.29) is 22.2 Å². The van der Waals surface area contributed by atoms with Crippen molar-refractivity contribution in [3.05, 3.63) is 18.3 Å². The van der Waals surface area contributed by atoms with Gasteiger partial charge in [0.15, 0.2) is 0 Å². The lowest BCUT2D eigenvalue weighted by Gasteiger charge is -2.34. The molecular formula is C12H21N3O2S. The number of nitrogens with zero attached hydrogens (tertiary/aromatic N) is 2. The van der Waals surface area contributed by atoms with Gasteiger partial charge in [-0.25, -0.2) is 13.4 Å². The standard InChI is InChI=1S/C12H21N3O2S/c1-9(12(2,3)4)15(5)18(16,17)10-7-6-8-14-11(10)13/h6-9H,1-5H3,(H2,13,14). The van der Waals surface area contributed by atoms with Crippen molar-refractivity contribution in [2.24, 2.45) is 5.41 Å². The van der Waals surface area contributed by atoms with Crippen molar-refractivity contribution in [1.82, 2.24) is 9.29 Å². The van der Waals surface area contributed by atoms with E-state index in [0.29, 0.717) is 0 Å².